The molecule has 256 valence electrons. The minimum absolute atomic E-state index is 0.281. The minimum atomic E-state index is -2.12. The Labute approximate surface area is 263 Å². The average Bonchev–Trinajstić information content (AvgIpc) is 3.26. The van der Waals surface area contributed by atoms with E-state index in [2.05, 4.69) is 0 Å². The average molecular weight is 657 g/mol. The van der Waals surface area contributed by atoms with Crippen LogP contribution in [0.4, 0.5) is 0 Å². The number of aliphatic hydroxyl groups is 9. The summed E-state index contributed by atoms with van der Waals surface area (Å²) in [5.41, 5.74) is -3.10. The van der Waals surface area contributed by atoms with E-state index in [-0.39, 0.29) is 6.42 Å². The molecule has 0 amide bonds. The topological polar surface area (TPSA) is 255 Å². The molecule has 0 bridgehead atoms. The standard InChI is InChI=1S/C30H40O16/c1-29(46-18(33)8-7-14-5-3-2-4-6-14)11-17(44-26-23(38)21(36)19(34)15(12-31)42-26)30(40)9-10-41-28(25(29)30)45-27-24(39)22(37)20(35)16(13-32)43-27/h2-10,15-17,19-28,31-32,34-40H,11-13H2,1H3/t15-,16+,17-,19+,20+,21+,22-,23-,24+,25-,26-,27-,28+,29+,30-/m1/s1. The van der Waals surface area contributed by atoms with E-state index < -0.39 is 110 Å². The lowest BCUT2D eigenvalue weighted by Gasteiger charge is -2.46. The van der Waals surface area contributed by atoms with Crippen molar-refractivity contribution < 1.29 is 79.2 Å². The van der Waals surface area contributed by atoms with Gasteiger partial charge in [-0.3, -0.25) is 0 Å². The molecule has 1 saturated carbocycles. The van der Waals surface area contributed by atoms with Crippen molar-refractivity contribution >= 4 is 12.0 Å². The maximum Gasteiger partial charge on any atom is 0.331 e. The highest BCUT2D eigenvalue weighted by Gasteiger charge is 2.68. The maximum absolute atomic E-state index is 13.1. The van der Waals surface area contributed by atoms with E-state index in [0.717, 1.165) is 6.26 Å². The van der Waals surface area contributed by atoms with E-state index in [9.17, 15) is 50.8 Å². The van der Waals surface area contributed by atoms with Gasteiger partial charge in [-0.25, -0.2) is 4.79 Å². The van der Waals surface area contributed by atoms with E-state index in [1.54, 1.807) is 30.3 Å². The summed E-state index contributed by atoms with van der Waals surface area (Å²) in [6, 6.07) is 8.87. The number of benzene rings is 1. The van der Waals surface area contributed by atoms with Crippen LogP contribution in [0.2, 0.25) is 0 Å². The zero-order chi connectivity index (χ0) is 33.4. The van der Waals surface area contributed by atoms with Gasteiger partial charge < -0.3 is 74.4 Å². The highest BCUT2D eigenvalue weighted by molar-refractivity contribution is 5.87. The second-order valence-corrected chi connectivity index (χ2v) is 12.0. The van der Waals surface area contributed by atoms with E-state index in [4.69, 9.17) is 28.4 Å². The molecular formula is C30H40O16. The number of rotatable bonds is 9. The van der Waals surface area contributed by atoms with Gasteiger partial charge in [-0.2, -0.15) is 0 Å². The summed E-state index contributed by atoms with van der Waals surface area (Å²) in [6.45, 7) is -0.00438. The Morgan fingerprint density at radius 1 is 0.848 bits per heavy atom. The van der Waals surface area contributed by atoms with Crippen molar-refractivity contribution in [1.29, 1.82) is 0 Å². The first kappa shape index (κ1) is 34.8. The van der Waals surface area contributed by atoms with Gasteiger partial charge in [0, 0.05) is 12.5 Å². The van der Waals surface area contributed by atoms with Crippen molar-refractivity contribution in [2.45, 2.75) is 98.4 Å². The molecule has 1 aromatic carbocycles. The summed E-state index contributed by atoms with van der Waals surface area (Å²) in [7, 11) is 0. The van der Waals surface area contributed by atoms with Gasteiger partial charge in [-0.1, -0.05) is 30.3 Å². The van der Waals surface area contributed by atoms with Crippen LogP contribution >= 0.6 is 0 Å². The fourth-order valence-electron chi connectivity index (χ4n) is 6.39. The zero-order valence-corrected chi connectivity index (χ0v) is 24.7. The van der Waals surface area contributed by atoms with E-state index >= 15 is 0 Å². The molecule has 4 aliphatic rings. The lowest BCUT2D eigenvalue weighted by atomic mass is 9.81. The molecule has 0 spiro atoms. The molecule has 46 heavy (non-hydrogen) atoms. The Bertz CT molecular complexity index is 1240. The summed E-state index contributed by atoms with van der Waals surface area (Å²) >= 11 is 0. The van der Waals surface area contributed by atoms with Crippen LogP contribution in [0.25, 0.3) is 6.08 Å². The second kappa shape index (κ2) is 13.9. The molecule has 0 aromatic heterocycles. The molecule has 3 heterocycles. The third-order valence-corrected chi connectivity index (χ3v) is 8.89. The van der Waals surface area contributed by atoms with Crippen LogP contribution < -0.4 is 0 Å². The lowest BCUT2D eigenvalue weighted by molar-refractivity contribution is -0.354. The molecule has 5 rings (SSSR count). The number of ether oxygens (including phenoxy) is 6. The molecule has 1 aromatic rings. The fraction of sp³-hybridized carbons (Fsp3) is 0.633. The van der Waals surface area contributed by atoms with Gasteiger partial charge in [0.05, 0.1) is 31.5 Å². The SMILES string of the molecule is C[C@]1(OC(=O)C=Cc2ccccc2)C[C@@H](O[C@H]2O[C@H](CO)[C@H](O)[C@H](O)[C@H]2O)[C@]2(O)C=CO[C@@H](O[C@H]3O[C@@H](CO)[C@H](O)[C@@H](O)[C@@H]3O)[C@@H]21. The van der Waals surface area contributed by atoms with E-state index in [1.807, 2.05) is 0 Å². The molecule has 2 saturated heterocycles. The summed E-state index contributed by atoms with van der Waals surface area (Å²) in [6.07, 6.45) is -14.8. The van der Waals surface area contributed by atoms with Gasteiger partial charge in [0.2, 0.25) is 6.29 Å². The lowest BCUT2D eigenvalue weighted by Crippen LogP contribution is -2.63. The number of esters is 1. The highest BCUT2D eigenvalue weighted by atomic mass is 16.8. The summed E-state index contributed by atoms with van der Waals surface area (Å²) in [5, 5.41) is 93.5. The number of carbonyl (C=O) groups is 1. The van der Waals surface area contributed by atoms with Gasteiger partial charge in [-0.05, 0) is 24.6 Å². The largest absolute Gasteiger partial charge is 0.472 e. The molecule has 16 nitrogen and oxygen atoms in total. The monoisotopic (exact) mass is 656 g/mol. The molecule has 3 aliphatic heterocycles. The molecule has 1 aliphatic carbocycles. The molecule has 0 unspecified atom stereocenters. The predicted molar refractivity (Wildman–Crippen MR) is 151 cm³/mol. The first-order valence-corrected chi connectivity index (χ1v) is 14.8. The van der Waals surface area contributed by atoms with Crippen molar-refractivity contribution in [1.82, 2.24) is 0 Å². The van der Waals surface area contributed by atoms with Crippen LogP contribution in [-0.4, -0.2) is 150 Å². The molecule has 9 N–H and O–H groups in total. The van der Waals surface area contributed by atoms with Gasteiger partial charge in [-0.15, -0.1) is 0 Å². The van der Waals surface area contributed by atoms with Crippen LogP contribution in [0.5, 0.6) is 0 Å². The normalized spacial score (nSPS) is 45.7. The Morgan fingerprint density at radius 3 is 1.98 bits per heavy atom. The predicted octanol–water partition coefficient (Wildman–Crippen LogP) is -3.38. The number of carbonyl (C=O) groups excluding carboxylic acids is 1. The van der Waals surface area contributed by atoms with E-state index in [0.29, 0.717) is 5.56 Å². The van der Waals surface area contributed by atoms with Gasteiger partial charge >= 0.3 is 5.97 Å². The van der Waals surface area contributed by atoms with Crippen LogP contribution in [0.3, 0.4) is 0 Å². The van der Waals surface area contributed by atoms with Crippen molar-refractivity contribution in [2.24, 2.45) is 5.92 Å². The number of fused-ring (bicyclic) bond motifs is 1. The third kappa shape index (κ3) is 6.59. The number of hydrogen-bond donors (Lipinski definition) is 9. The Balaban J connectivity index is 1.44. The van der Waals surface area contributed by atoms with Crippen LogP contribution in [-0.2, 0) is 33.2 Å². The summed E-state index contributed by atoms with van der Waals surface area (Å²) < 4.78 is 34.3. The Hall–Kier alpha value is -2.55. The molecule has 0 radical (unpaired) electrons. The Morgan fingerprint density at radius 2 is 1.41 bits per heavy atom. The quantitative estimate of drug-likeness (QED) is 0.0928. The molecular weight excluding hydrogens is 616 g/mol. The first-order chi connectivity index (χ1) is 21.8. The third-order valence-electron chi connectivity index (χ3n) is 8.89. The fourth-order valence-corrected chi connectivity index (χ4v) is 6.39. The summed E-state index contributed by atoms with van der Waals surface area (Å²) in [4.78, 5) is 13.1. The summed E-state index contributed by atoms with van der Waals surface area (Å²) in [5.74, 6) is -2.19. The van der Waals surface area contributed by atoms with Crippen molar-refractivity contribution in [3.63, 3.8) is 0 Å². The highest BCUT2D eigenvalue weighted by Crippen LogP contribution is 2.53. The van der Waals surface area contributed by atoms with E-state index in [1.165, 1.54) is 25.2 Å². The molecule has 15 atom stereocenters. The molecule has 16 heteroatoms. The smallest absolute Gasteiger partial charge is 0.331 e. The van der Waals surface area contributed by atoms with Gasteiger partial charge in [0.15, 0.2) is 12.6 Å². The first-order valence-electron chi connectivity index (χ1n) is 14.8. The number of hydrogen-bond acceptors (Lipinski definition) is 16. The van der Waals surface area contributed by atoms with Crippen molar-refractivity contribution in [3.05, 3.63) is 54.3 Å². The van der Waals surface area contributed by atoms with Crippen molar-refractivity contribution in [3.8, 4) is 0 Å². The maximum atomic E-state index is 13.1. The van der Waals surface area contributed by atoms with Crippen molar-refractivity contribution in [2.75, 3.05) is 13.2 Å². The zero-order valence-electron chi connectivity index (χ0n) is 24.7. The Kier molecular flexibility index (Phi) is 10.5. The van der Waals surface area contributed by atoms with Crippen LogP contribution in [0.15, 0.2) is 48.7 Å². The minimum Gasteiger partial charge on any atom is -0.472 e. The second-order valence-electron chi connectivity index (χ2n) is 12.0. The number of aliphatic hydroxyl groups excluding tert-OH is 8. The van der Waals surface area contributed by atoms with Gasteiger partial charge in [0.25, 0.3) is 0 Å². The van der Waals surface area contributed by atoms with Crippen LogP contribution in [0.1, 0.15) is 18.9 Å². The molecule has 3 fully saturated rings. The van der Waals surface area contributed by atoms with Gasteiger partial charge in [0.1, 0.15) is 60.0 Å². The van der Waals surface area contributed by atoms with Crippen LogP contribution in [0, 0.1) is 5.92 Å².